The van der Waals surface area contributed by atoms with Crippen molar-refractivity contribution < 1.29 is 9.77 Å². The van der Waals surface area contributed by atoms with E-state index in [2.05, 4.69) is 16.9 Å². The molecule has 8 nitrogen and oxygen atoms in total. The number of nitrogens with zero attached hydrogens (tertiary/aromatic N) is 5. The van der Waals surface area contributed by atoms with Crippen LogP contribution in [0.15, 0.2) is 5.10 Å². The molecule has 0 spiro atoms. The van der Waals surface area contributed by atoms with Crippen molar-refractivity contribution >= 4 is 5.96 Å². The minimum absolute atomic E-state index is 0.433. The maximum absolute atomic E-state index is 10.7. The summed E-state index contributed by atoms with van der Waals surface area (Å²) >= 11 is 0. The lowest BCUT2D eigenvalue weighted by Crippen LogP contribution is -2.58. The Labute approximate surface area is 112 Å². The van der Waals surface area contributed by atoms with Crippen LogP contribution in [-0.4, -0.2) is 72.4 Å². The highest BCUT2D eigenvalue weighted by atomic mass is 16.7. The molecule has 2 rings (SSSR count). The molecule has 0 radical (unpaired) electrons. The standard InChI is InChI=1S/C11H21N5O3/c1-3-14-8-13(2)11(12-16(17)18)15(9-14)6-10-4-5-19-7-10/h10H,3-9H2,1-2H3. The molecule has 19 heavy (non-hydrogen) atoms. The number of guanidine groups is 1. The van der Waals surface area contributed by atoms with Crippen molar-refractivity contribution in [2.75, 3.05) is 46.7 Å². The van der Waals surface area contributed by atoms with Crippen LogP contribution >= 0.6 is 0 Å². The van der Waals surface area contributed by atoms with E-state index in [0.29, 0.717) is 25.2 Å². The van der Waals surface area contributed by atoms with Crippen LogP contribution in [0.1, 0.15) is 13.3 Å². The van der Waals surface area contributed by atoms with Gasteiger partial charge < -0.3 is 14.5 Å². The van der Waals surface area contributed by atoms with Crippen LogP contribution in [0, 0.1) is 16.0 Å². The van der Waals surface area contributed by atoms with Crippen LogP contribution in [0.25, 0.3) is 0 Å². The molecule has 2 fully saturated rings. The fourth-order valence-corrected chi connectivity index (χ4v) is 2.55. The largest absolute Gasteiger partial charge is 0.381 e. The average molecular weight is 271 g/mol. The Hall–Kier alpha value is -1.41. The topological polar surface area (TPSA) is 74.5 Å². The van der Waals surface area contributed by atoms with Gasteiger partial charge in [-0.05, 0) is 13.0 Å². The molecule has 0 aromatic rings. The Balaban J connectivity index is 2.09. The lowest BCUT2D eigenvalue weighted by molar-refractivity contribution is -0.486. The van der Waals surface area contributed by atoms with E-state index >= 15 is 0 Å². The average Bonchev–Trinajstić information content (AvgIpc) is 2.85. The fourth-order valence-electron chi connectivity index (χ4n) is 2.55. The SMILES string of the molecule is CCN1CN(C)C(=N[N+](=O)[O-])N(CC2CCOC2)C1. The highest BCUT2D eigenvalue weighted by Gasteiger charge is 2.30. The zero-order valence-electron chi connectivity index (χ0n) is 11.5. The van der Waals surface area contributed by atoms with Crippen LogP contribution in [0.4, 0.5) is 0 Å². The molecule has 1 atom stereocenters. The van der Waals surface area contributed by atoms with Crippen LogP contribution in [-0.2, 0) is 4.74 Å². The summed E-state index contributed by atoms with van der Waals surface area (Å²) in [6, 6.07) is 0. The molecule has 8 heteroatoms. The highest BCUT2D eigenvalue weighted by molar-refractivity contribution is 5.79. The maximum atomic E-state index is 10.7. The number of hydrogen-bond donors (Lipinski definition) is 0. The quantitative estimate of drug-likeness (QED) is 0.531. The summed E-state index contributed by atoms with van der Waals surface area (Å²) in [5.41, 5.74) is 0. The Morgan fingerprint density at radius 1 is 1.53 bits per heavy atom. The van der Waals surface area contributed by atoms with E-state index in [4.69, 9.17) is 4.74 Å². The van der Waals surface area contributed by atoms with Crippen molar-refractivity contribution in [3.05, 3.63) is 10.1 Å². The van der Waals surface area contributed by atoms with Gasteiger partial charge in [-0.15, -0.1) is 0 Å². The first-order valence-corrected chi connectivity index (χ1v) is 6.59. The number of rotatable bonds is 4. The van der Waals surface area contributed by atoms with E-state index in [9.17, 15) is 10.1 Å². The molecule has 2 saturated heterocycles. The van der Waals surface area contributed by atoms with Gasteiger partial charge in [0.25, 0.3) is 5.96 Å². The third-order valence-corrected chi connectivity index (χ3v) is 3.53. The molecule has 0 N–H and O–H groups in total. The van der Waals surface area contributed by atoms with E-state index in [-0.39, 0.29) is 0 Å². The lowest BCUT2D eigenvalue weighted by Gasteiger charge is -2.42. The van der Waals surface area contributed by atoms with Crippen LogP contribution < -0.4 is 0 Å². The van der Waals surface area contributed by atoms with E-state index in [0.717, 1.165) is 32.7 Å². The van der Waals surface area contributed by atoms with Gasteiger partial charge in [-0.2, -0.15) is 0 Å². The minimum atomic E-state index is -0.619. The predicted octanol–water partition coefficient (Wildman–Crippen LogP) is 0.0549. The second kappa shape index (κ2) is 6.16. The van der Waals surface area contributed by atoms with Gasteiger partial charge in [0.1, 0.15) is 5.10 Å². The monoisotopic (exact) mass is 271 g/mol. The van der Waals surface area contributed by atoms with Gasteiger partial charge in [0.05, 0.1) is 19.9 Å². The molecule has 2 aliphatic heterocycles. The Morgan fingerprint density at radius 3 is 2.89 bits per heavy atom. The van der Waals surface area contributed by atoms with E-state index in [1.807, 2.05) is 16.8 Å². The van der Waals surface area contributed by atoms with E-state index < -0.39 is 5.03 Å². The normalized spacial score (nSPS) is 27.3. The Kier molecular flexibility index (Phi) is 4.54. The van der Waals surface area contributed by atoms with Gasteiger partial charge in [0.2, 0.25) is 0 Å². The third kappa shape index (κ3) is 3.54. The first-order valence-electron chi connectivity index (χ1n) is 6.59. The van der Waals surface area contributed by atoms with Gasteiger partial charge >= 0.3 is 0 Å². The Bertz CT molecular complexity index is 356. The van der Waals surface area contributed by atoms with Gasteiger partial charge in [0.15, 0.2) is 5.03 Å². The minimum Gasteiger partial charge on any atom is -0.381 e. The second-order valence-electron chi connectivity index (χ2n) is 5.06. The van der Waals surface area contributed by atoms with Gasteiger partial charge in [-0.25, -0.2) is 10.1 Å². The number of hydrogen-bond acceptors (Lipinski definition) is 4. The molecule has 0 aliphatic carbocycles. The zero-order valence-corrected chi connectivity index (χ0v) is 11.5. The van der Waals surface area contributed by atoms with Gasteiger partial charge in [-0.3, -0.25) is 4.90 Å². The van der Waals surface area contributed by atoms with Crippen molar-refractivity contribution in [2.45, 2.75) is 13.3 Å². The van der Waals surface area contributed by atoms with Crippen molar-refractivity contribution in [3.63, 3.8) is 0 Å². The summed E-state index contributed by atoms with van der Waals surface area (Å²) in [5, 5.41) is 13.6. The summed E-state index contributed by atoms with van der Waals surface area (Å²) in [6.07, 6.45) is 1.01. The molecule has 2 aliphatic rings. The smallest absolute Gasteiger partial charge is 0.275 e. The molecular formula is C11H21N5O3. The summed E-state index contributed by atoms with van der Waals surface area (Å²) in [5.74, 6) is 0.878. The summed E-state index contributed by atoms with van der Waals surface area (Å²) in [4.78, 5) is 16.7. The first kappa shape index (κ1) is 14.0. The molecule has 0 amide bonds. The highest BCUT2D eigenvalue weighted by Crippen LogP contribution is 2.17. The maximum Gasteiger partial charge on any atom is 0.275 e. The van der Waals surface area contributed by atoms with Gasteiger partial charge in [0, 0.05) is 26.1 Å². The predicted molar refractivity (Wildman–Crippen MR) is 69.9 cm³/mol. The molecular weight excluding hydrogens is 250 g/mol. The van der Waals surface area contributed by atoms with E-state index in [1.165, 1.54) is 0 Å². The number of ether oxygens (including phenoxy) is 1. The summed E-state index contributed by atoms with van der Waals surface area (Å²) < 4.78 is 5.37. The van der Waals surface area contributed by atoms with Crippen molar-refractivity contribution in [3.8, 4) is 0 Å². The number of hydrazone groups is 1. The Morgan fingerprint density at radius 2 is 2.32 bits per heavy atom. The van der Waals surface area contributed by atoms with E-state index in [1.54, 1.807) is 0 Å². The van der Waals surface area contributed by atoms with Gasteiger partial charge in [-0.1, -0.05) is 6.92 Å². The molecule has 1 unspecified atom stereocenters. The molecule has 0 saturated carbocycles. The third-order valence-electron chi connectivity index (χ3n) is 3.53. The molecule has 108 valence electrons. The van der Waals surface area contributed by atoms with Crippen LogP contribution in [0.3, 0.4) is 0 Å². The first-order chi connectivity index (χ1) is 9.10. The summed E-state index contributed by atoms with van der Waals surface area (Å²) in [6.45, 7) is 6.62. The van der Waals surface area contributed by atoms with Crippen molar-refractivity contribution in [2.24, 2.45) is 11.0 Å². The number of nitro groups is 1. The fraction of sp³-hybridized carbons (Fsp3) is 0.909. The lowest BCUT2D eigenvalue weighted by atomic mass is 10.1. The molecule has 0 aromatic carbocycles. The molecule has 2 heterocycles. The van der Waals surface area contributed by atoms with Crippen molar-refractivity contribution in [1.29, 1.82) is 0 Å². The molecule has 0 aromatic heterocycles. The van der Waals surface area contributed by atoms with Crippen LogP contribution in [0.2, 0.25) is 0 Å². The second-order valence-corrected chi connectivity index (χ2v) is 5.06. The molecule has 0 bridgehead atoms. The van der Waals surface area contributed by atoms with Crippen molar-refractivity contribution in [1.82, 2.24) is 14.7 Å². The summed E-state index contributed by atoms with van der Waals surface area (Å²) in [7, 11) is 1.84. The zero-order chi connectivity index (χ0) is 13.8. The van der Waals surface area contributed by atoms with Crippen LogP contribution in [0.5, 0.6) is 0 Å².